The van der Waals surface area contributed by atoms with Crippen LogP contribution < -0.4 is 0 Å². The number of aliphatic hydroxyl groups excluding tert-OH is 5. The van der Waals surface area contributed by atoms with E-state index in [1.807, 2.05) is 0 Å². The molecule has 0 heterocycles. The molecule has 1 saturated carbocycles. The van der Waals surface area contributed by atoms with Crippen molar-refractivity contribution >= 4 is 13.8 Å². The van der Waals surface area contributed by atoms with Crippen LogP contribution in [0, 0.1) is 0 Å². The maximum absolute atomic E-state index is 12.9. The Kier molecular flexibility index (Phi) is 40.9. The van der Waals surface area contributed by atoms with Gasteiger partial charge in [-0.3, -0.25) is 13.8 Å². The van der Waals surface area contributed by atoms with Crippen LogP contribution in [-0.2, 0) is 27.9 Å². The lowest BCUT2D eigenvalue weighted by molar-refractivity contribution is -0.220. The van der Waals surface area contributed by atoms with Crippen molar-refractivity contribution in [3.05, 3.63) is 48.6 Å². The van der Waals surface area contributed by atoms with Crippen LogP contribution in [0.25, 0.3) is 0 Å². The molecule has 1 rings (SSSR count). The average molecular weight is 957 g/mol. The second-order valence-electron chi connectivity index (χ2n) is 18.4. The van der Waals surface area contributed by atoms with Crippen molar-refractivity contribution < 1.29 is 58.3 Å². The van der Waals surface area contributed by atoms with Crippen LogP contribution in [0.1, 0.15) is 219 Å². The van der Waals surface area contributed by atoms with Crippen LogP contribution in [0.4, 0.5) is 0 Å². The number of aliphatic hydroxyl groups is 5. The summed E-state index contributed by atoms with van der Waals surface area (Å²) in [5.74, 6) is -0.487. The number of phosphoric ester groups is 1. The highest BCUT2D eigenvalue weighted by Crippen LogP contribution is 2.47. The number of esters is 1. The van der Waals surface area contributed by atoms with Crippen molar-refractivity contribution in [3.63, 3.8) is 0 Å². The number of ether oxygens (including phenoxy) is 2. The van der Waals surface area contributed by atoms with E-state index < -0.39 is 63.1 Å². The van der Waals surface area contributed by atoms with E-state index in [2.05, 4.69) is 62.5 Å². The fourth-order valence-corrected chi connectivity index (χ4v) is 8.92. The summed E-state index contributed by atoms with van der Waals surface area (Å²) in [4.78, 5) is 23.2. The zero-order valence-electron chi connectivity index (χ0n) is 41.5. The third-order valence-corrected chi connectivity index (χ3v) is 13.2. The molecule has 66 heavy (non-hydrogen) atoms. The molecule has 6 N–H and O–H groups in total. The van der Waals surface area contributed by atoms with E-state index in [4.69, 9.17) is 18.5 Å². The molecule has 0 aromatic heterocycles. The second-order valence-corrected chi connectivity index (χ2v) is 19.8. The van der Waals surface area contributed by atoms with Gasteiger partial charge < -0.3 is 39.9 Å². The summed E-state index contributed by atoms with van der Waals surface area (Å²) in [6, 6.07) is 0. The number of hydrogen-bond acceptors (Lipinski definition) is 11. The van der Waals surface area contributed by atoms with Gasteiger partial charge in [-0.1, -0.05) is 184 Å². The minimum absolute atomic E-state index is 0.0841. The van der Waals surface area contributed by atoms with Gasteiger partial charge in [-0.2, -0.15) is 0 Å². The van der Waals surface area contributed by atoms with E-state index in [-0.39, 0.29) is 13.0 Å². The highest BCUT2D eigenvalue weighted by molar-refractivity contribution is 7.47. The predicted molar refractivity (Wildman–Crippen MR) is 267 cm³/mol. The first kappa shape index (κ1) is 62.3. The summed E-state index contributed by atoms with van der Waals surface area (Å²) in [5.41, 5.74) is 0. The molecule has 0 saturated heterocycles. The molecule has 12 nitrogen and oxygen atoms in total. The first-order chi connectivity index (χ1) is 32.0. The Hall–Kier alpha value is -1.70. The van der Waals surface area contributed by atoms with Crippen LogP contribution in [-0.4, -0.2) is 98.9 Å². The van der Waals surface area contributed by atoms with E-state index in [0.29, 0.717) is 13.0 Å². The van der Waals surface area contributed by atoms with E-state index >= 15 is 0 Å². The molecule has 6 unspecified atom stereocenters. The first-order valence-electron chi connectivity index (χ1n) is 26.5. The van der Waals surface area contributed by atoms with E-state index in [1.165, 1.54) is 109 Å². The summed E-state index contributed by atoms with van der Waals surface area (Å²) >= 11 is 0. The van der Waals surface area contributed by atoms with Gasteiger partial charge in [0.2, 0.25) is 0 Å². The molecule has 1 aliphatic carbocycles. The number of carbonyl (C=O) groups is 1. The SMILES string of the molecule is CCCCCCC/C=C\C/C=C\C/C=C\CCCCCCCCCCCOCC(COP(=O)(O)OC1C(O)C(O)C(O)C(O)C1O)OC(=O)CCCCCCC/C=C\CCCCCCCC. The number of unbranched alkanes of at least 4 members (excludes halogenated alkanes) is 25. The summed E-state index contributed by atoms with van der Waals surface area (Å²) < 4.78 is 34.3. The molecule has 0 aromatic carbocycles. The lowest BCUT2D eigenvalue weighted by Gasteiger charge is -2.41. The molecular weight excluding hydrogens is 860 g/mol. The van der Waals surface area contributed by atoms with Crippen LogP contribution in [0.15, 0.2) is 48.6 Å². The highest BCUT2D eigenvalue weighted by Gasteiger charge is 2.51. The second kappa shape index (κ2) is 43.3. The summed E-state index contributed by atoms with van der Waals surface area (Å²) in [7, 11) is -5.03. The fourth-order valence-electron chi connectivity index (χ4n) is 7.95. The molecule has 386 valence electrons. The van der Waals surface area contributed by atoms with Gasteiger partial charge in [0.05, 0.1) is 13.2 Å². The monoisotopic (exact) mass is 957 g/mol. The fraction of sp³-hybridized carbons (Fsp3) is 0.830. The third kappa shape index (κ3) is 34.6. The molecule has 0 bridgehead atoms. The summed E-state index contributed by atoms with van der Waals surface area (Å²) in [6.45, 7) is 4.24. The maximum Gasteiger partial charge on any atom is 0.472 e. The van der Waals surface area contributed by atoms with Gasteiger partial charge in [0, 0.05) is 13.0 Å². The minimum Gasteiger partial charge on any atom is -0.457 e. The Morgan fingerprint density at radius 1 is 0.485 bits per heavy atom. The molecule has 0 radical (unpaired) electrons. The van der Waals surface area contributed by atoms with Gasteiger partial charge in [-0.05, 0) is 77.0 Å². The van der Waals surface area contributed by atoms with Gasteiger partial charge >= 0.3 is 13.8 Å². The zero-order valence-corrected chi connectivity index (χ0v) is 42.4. The summed E-state index contributed by atoms with van der Waals surface area (Å²) in [5, 5.41) is 50.3. The van der Waals surface area contributed by atoms with Gasteiger partial charge in [0.25, 0.3) is 0 Å². The van der Waals surface area contributed by atoms with Gasteiger partial charge in [0.15, 0.2) is 0 Å². The van der Waals surface area contributed by atoms with Gasteiger partial charge in [-0.15, -0.1) is 0 Å². The number of allylic oxidation sites excluding steroid dienone is 8. The lowest BCUT2D eigenvalue weighted by Crippen LogP contribution is -2.64. The zero-order chi connectivity index (χ0) is 48.4. The van der Waals surface area contributed by atoms with Crippen molar-refractivity contribution in [2.24, 2.45) is 0 Å². The Morgan fingerprint density at radius 3 is 1.30 bits per heavy atom. The van der Waals surface area contributed by atoms with Crippen molar-refractivity contribution in [2.75, 3.05) is 19.8 Å². The normalized spacial score (nSPS) is 21.8. The highest BCUT2D eigenvalue weighted by atomic mass is 31.2. The van der Waals surface area contributed by atoms with Gasteiger partial charge in [-0.25, -0.2) is 4.57 Å². The smallest absolute Gasteiger partial charge is 0.457 e. The van der Waals surface area contributed by atoms with Crippen LogP contribution in [0.3, 0.4) is 0 Å². The topological polar surface area (TPSA) is 192 Å². The van der Waals surface area contributed by atoms with Crippen molar-refractivity contribution in [3.8, 4) is 0 Å². The standard InChI is InChI=1S/C53H97O12P/c1-3-5-7-9-11-13-15-17-19-20-21-22-23-24-25-26-27-29-31-33-35-37-39-41-43-62-44-46(45-63-66(60,61)65-53-51(58)49(56)48(55)50(57)52(53)59)64-47(54)42-40-38-36-34-32-30-28-18-16-14-12-10-8-6-4-2/h15,17-18,20-21,23-24,28,46,48-53,55-59H,3-14,16,19,22,25-27,29-45H2,1-2H3,(H,60,61)/b17-15-,21-20-,24-23-,28-18-. The molecular formula is C53H97O12P. The minimum atomic E-state index is -5.03. The average Bonchev–Trinajstić information content (AvgIpc) is 3.30. The van der Waals surface area contributed by atoms with Crippen LogP contribution in [0.2, 0.25) is 0 Å². The molecule has 0 aromatic rings. The summed E-state index contributed by atoms with van der Waals surface area (Å²) in [6.07, 6.45) is 41.8. The quantitative estimate of drug-likeness (QED) is 0.0147. The van der Waals surface area contributed by atoms with Crippen LogP contribution >= 0.6 is 7.82 Å². The Bertz CT molecular complexity index is 1270. The Balaban J connectivity index is 2.32. The number of hydrogen-bond donors (Lipinski definition) is 6. The largest absolute Gasteiger partial charge is 0.472 e. The molecule has 13 heteroatoms. The van der Waals surface area contributed by atoms with Crippen molar-refractivity contribution in [1.82, 2.24) is 0 Å². The molecule has 0 spiro atoms. The van der Waals surface area contributed by atoms with Crippen molar-refractivity contribution in [2.45, 2.75) is 262 Å². The molecule has 6 atom stereocenters. The Morgan fingerprint density at radius 2 is 0.848 bits per heavy atom. The molecule has 0 aliphatic heterocycles. The molecule has 1 fully saturated rings. The van der Waals surface area contributed by atoms with Crippen LogP contribution in [0.5, 0.6) is 0 Å². The Labute approximate surface area is 401 Å². The van der Waals surface area contributed by atoms with Crippen molar-refractivity contribution in [1.29, 1.82) is 0 Å². The first-order valence-corrected chi connectivity index (χ1v) is 28.0. The molecule has 1 aliphatic rings. The van der Waals surface area contributed by atoms with Gasteiger partial charge in [0.1, 0.15) is 42.7 Å². The number of carbonyl (C=O) groups excluding carboxylic acids is 1. The number of phosphoric acid groups is 1. The van der Waals surface area contributed by atoms with E-state index in [0.717, 1.165) is 83.5 Å². The van der Waals surface area contributed by atoms with E-state index in [1.54, 1.807) is 0 Å². The third-order valence-electron chi connectivity index (χ3n) is 12.2. The number of rotatable bonds is 45. The van der Waals surface area contributed by atoms with E-state index in [9.17, 15) is 39.8 Å². The lowest BCUT2D eigenvalue weighted by atomic mass is 9.85. The maximum atomic E-state index is 12.9. The molecule has 0 amide bonds. The predicted octanol–water partition coefficient (Wildman–Crippen LogP) is 12.0.